The number of nitrogens with zero attached hydrogens (tertiary/aromatic N) is 3. The normalized spacial score (nSPS) is 18.6. The summed E-state index contributed by atoms with van der Waals surface area (Å²) in [6, 6.07) is 0. The summed E-state index contributed by atoms with van der Waals surface area (Å²) < 4.78 is 0.822. The van der Waals surface area contributed by atoms with Crippen molar-refractivity contribution in [3.05, 3.63) is 10.8 Å². The minimum Gasteiger partial charge on any atom is -0.383 e. The molecule has 4 nitrogen and oxygen atoms in total. The molecule has 0 saturated carbocycles. The molecule has 2 rings (SSSR count). The first-order chi connectivity index (χ1) is 8.12. The van der Waals surface area contributed by atoms with Crippen LogP contribution in [-0.4, -0.2) is 23.1 Å². The molecule has 17 heavy (non-hydrogen) atoms. The first-order valence-corrected chi connectivity index (χ1v) is 6.92. The summed E-state index contributed by atoms with van der Waals surface area (Å²) in [5.41, 5.74) is 6.24. The van der Waals surface area contributed by atoms with Crippen molar-refractivity contribution in [2.45, 2.75) is 33.1 Å². The van der Waals surface area contributed by atoms with Crippen molar-refractivity contribution in [3.8, 4) is 0 Å². The van der Waals surface area contributed by atoms with Crippen LogP contribution >= 0.6 is 15.9 Å². The molecule has 0 unspecified atom stereocenters. The monoisotopic (exact) mass is 298 g/mol. The molecule has 1 aliphatic heterocycles. The van der Waals surface area contributed by atoms with Gasteiger partial charge in [0, 0.05) is 13.1 Å². The highest BCUT2D eigenvalue weighted by atomic mass is 79.9. The Hall–Kier alpha value is -0.840. The number of rotatable bonds is 3. The van der Waals surface area contributed by atoms with Crippen molar-refractivity contribution in [2.75, 3.05) is 23.7 Å². The summed E-state index contributed by atoms with van der Waals surface area (Å²) in [6.07, 6.45) is 5.21. The number of nitrogens with two attached hydrogens (primary N) is 1. The van der Waals surface area contributed by atoms with E-state index in [2.05, 4.69) is 44.6 Å². The van der Waals surface area contributed by atoms with Gasteiger partial charge in [-0.05, 0) is 40.6 Å². The predicted molar refractivity (Wildman–Crippen MR) is 74.0 cm³/mol. The first kappa shape index (κ1) is 12.6. The van der Waals surface area contributed by atoms with Crippen molar-refractivity contribution >= 4 is 27.6 Å². The number of anilines is 2. The molecule has 0 atom stereocenters. The molecule has 2 N–H and O–H groups in total. The van der Waals surface area contributed by atoms with Gasteiger partial charge >= 0.3 is 0 Å². The van der Waals surface area contributed by atoms with Gasteiger partial charge < -0.3 is 10.6 Å². The van der Waals surface area contributed by atoms with E-state index in [0.29, 0.717) is 11.2 Å². The molecule has 1 aromatic rings. The van der Waals surface area contributed by atoms with Gasteiger partial charge in [0.05, 0.1) is 0 Å². The summed E-state index contributed by atoms with van der Waals surface area (Å²) in [5, 5.41) is 0. The molecular weight excluding hydrogens is 280 g/mol. The molecule has 1 saturated heterocycles. The number of hydrogen-bond acceptors (Lipinski definition) is 4. The zero-order valence-electron chi connectivity index (χ0n) is 10.4. The topological polar surface area (TPSA) is 55.0 Å². The lowest BCUT2D eigenvalue weighted by Gasteiger charge is -2.27. The summed E-state index contributed by atoms with van der Waals surface area (Å²) >= 11 is 3.48. The molecule has 94 valence electrons. The Bertz CT molecular complexity index is 403. The van der Waals surface area contributed by atoms with Crippen LogP contribution in [0.2, 0.25) is 0 Å². The highest BCUT2D eigenvalue weighted by molar-refractivity contribution is 9.10. The van der Waals surface area contributed by atoms with Gasteiger partial charge in [-0.2, -0.15) is 0 Å². The van der Waals surface area contributed by atoms with Gasteiger partial charge in [-0.15, -0.1) is 0 Å². The highest BCUT2D eigenvalue weighted by Gasteiger charge is 2.36. The fourth-order valence-corrected chi connectivity index (χ4v) is 2.99. The van der Waals surface area contributed by atoms with Crippen LogP contribution in [0.3, 0.4) is 0 Å². The molecule has 0 spiro atoms. The zero-order chi connectivity index (χ0) is 12.5. The van der Waals surface area contributed by atoms with E-state index >= 15 is 0 Å². The average Bonchev–Trinajstić information content (AvgIpc) is 2.78. The van der Waals surface area contributed by atoms with Crippen LogP contribution in [0.25, 0.3) is 0 Å². The molecule has 5 heteroatoms. The summed E-state index contributed by atoms with van der Waals surface area (Å²) in [6.45, 7) is 6.67. The standard InChI is InChI=1S/C12H19BrN4/c1-3-12(4-2)5-6-17(7-12)11-9(13)10(14)15-8-16-11/h8H,3-7H2,1-2H3,(H2,14,15,16). The SMILES string of the molecule is CCC1(CC)CCN(c2ncnc(N)c2Br)C1. The van der Waals surface area contributed by atoms with E-state index in [1.807, 2.05) is 0 Å². The summed E-state index contributed by atoms with van der Waals surface area (Å²) in [4.78, 5) is 10.6. The van der Waals surface area contributed by atoms with Crippen molar-refractivity contribution in [1.29, 1.82) is 0 Å². The minimum atomic E-state index is 0.444. The molecule has 0 aliphatic carbocycles. The molecule has 1 aromatic heterocycles. The van der Waals surface area contributed by atoms with E-state index < -0.39 is 0 Å². The van der Waals surface area contributed by atoms with Gasteiger partial charge in [0.25, 0.3) is 0 Å². The molecule has 0 bridgehead atoms. The van der Waals surface area contributed by atoms with E-state index in [9.17, 15) is 0 Å². The van der Waals surface area contributed by atoms with Crippen LogP contribution in [0.15, 0.2) is 10.8 Å². The van der Waals surface area contributed by atoms with Gasteiger partial charge in [-0.1, -0.05) is 13.8 Å². The highest BCUT2D eigenvalue weighted by Crippen LogP contribution is 2.40. The van der Waals surface area contributed by atoms with Gasteiger partial charge in [-0.25, -0.2) is 9.97 Å². The van der Waals surface area contributed by atoms with Crippen LogP contribution < -0.4 is 10.6 Å². The molecule has 0 amide bonds. The van der Waals surface area contributed by atoms with Gasteiger partial charge in [0.2, 0.25) is 0 Å². The predicted octanol–water partition coefficient (Wildman–Crippen LogP) is 2.84. The number of hydrogen-bond donors (Lipinski definition) is 1. The fraction of sp³-hybridized carbons (Fsp3) is 0.667. The lowest BCUT2D eigenvalue weighted by molar-refractivity contribution is 0.301. The second-order valence-corrected chi connectivity index (χ2v) is 5.57. The first-order valence-electron chi connectivity index (χ1n) is 6.13. The van der Waals surface area contributed by atoms with Gasteiger partial charge in [-0.3, -0.25) is 0 Å². The molecule has 2 heterocycles. The molecule has 0 aromatic carbocycles. The molecule has 0 radical (unpaired) electrons. The number of nitrogen functional groups attached to an aromatic ring is 1. The maximum atomic E-state index is 5.80. The third-order valence-corrected chi connectivity index (χ3v) is 4.80. The van der Waals surface area contributed by atoms with Gasteiger partial charge in [0.1, 0.15) is 22.4 Å². The Kier molecular flexibility index (Phi) is 3.56. The zero-order valence-corrected chi connectivity index (χ0v) is 12.0. The van der Waals surface area contributed by atoms with E-state index in [4.69, 9.17) is 5.73 Å². The number of aromatic nitrogens is 2. The maximum Gasteiger partial charge on any atom is 0.148 e. The molecule has 1 fully saturated rings. The van der Waals surface area contributed by atoms with E-state index in [0.717, 1.165) is 23.4 Å². The van der Waals surface area contributed by atoms with E-state index in [-0.39, 0.29) is 0 Å². The van der Waals surface area contributed by atoms with Crippen LogP contribution in [0.4, 0.5) is 11.6 Å². The largest absolute Gasteiger partial charge is 0.383 e. The maximum absolute atomic E-state index is 5.80. The smallest absolute Gasteiger partial charge is 0.148 e. The lowest BCUT2D eigenvalue weighted by Crippen LogP contribution is -2.27. The van der Waals surface area contributed by atoms with E-state index in [1.165, 1.54) is 25.6 Å². The van der Waals surface area contributed by atoms with E-state index in [1.54, 1.807) is 0 Å². The second-order valence-electron chi connectivity index (χ2n) is 4.78. The van der Waals surface area contributed by atoms with Crippen LogP contribution in [-0.2, 0) is 0 Å². The molecular formula is C12H19BrN4. The third-order valence-electron chi connectivity index (χ3n) is 4.04. The Morgan fingerprint density at radius 3 is 2.71 bits per heavy atom. The average molecular weight is 299 g/mol. The van der Waals surface area contributed by atoms with Crippen molar-refractivity contribution < 1.29 is 0 Å². The Balaban J connectivity index is 2.23. The Labute approximate surface area is 111 Å². The van der Waals surface area contributed by atoms with Gasteiger partial charge in [0.15, 0.2) is 0 Å². The van der Waals surface area contributed by atoms with Crippen molar-refractivity contribution in [3.63, 3.8) is 0 Å². The third kappa shape index (κ3) is 2.25. The molecule has 1 aliphatic rings. The van der Waals surface area contributed by atoms with Crippen LogP contribution in [0, 0.1) is 5.41 Å². The Morgan fingerprint density at radius 2 is 2.12 bits per heavy atom. The fourth-order valence-electron chi connectivity index (χ4n) is 2.54. The quantitative estimate of drug-likeness (QED) is 0.932. The second kappa shape index (κ2) is 4.80. The van der Waals surface area contributed by atoms with Crippen molar-refractivity contribution in [2.24, 2.45) is 5.41 Å². The Morgan fingerprint density at radius 1 is 1.41 bits per heavy atom. The lowest BCUT2D eigenvalue weighted by atomic mass is 9.82. The number of halogens is 1. The summed E-state index contributed by atoms with van der Waals surface area (Å²) in [5.74, 6) is 1.45. The van der Waals surface area contributed by atoms with Crippen LogP contribution in [0.5, 0.6) is 0 Å². The van der Waals surface area contributed by atoms with Crippen LogP contribution in [0.1, 0.15) is 33.1 Å². The van der Waals surface area contributed by atoms with Crippen molar-refractivity contribution in [1.82, 2.24) is 9.97 Å². The summed E-state index contributed by atoms with van der Waals surface area (Å²) in [7, 11) is 0. The minimum absolute atomic E-state index is 0.444.